The third-order valence-corrected chi connectivity index (χ3v) is 7.98. The molecule has 0 spiro atoms. The summed E-state index contributed by atoms with van der Waals surface area (Å²) >= 11 is 1.09. The van der Waals surface area contributed by atoms with E-state index >= 15 is 0 Å². The first kappa shape index (κ1) is 22.6. The molecule has 7 nitrogen and oxygen atoms in total. The zero-order valence-electron chi connectivity index (χ0n) is 16.9. The minimum absolute atomic E-state index is 0.0515. The number of likely N-dealkylation sites (N-methyl/N-ethyl adjacent to an activating group) is 1. The number of anilines is 1. The van der Waals surface area contributed by atoms with Gasteiger partial charge in [-0.05, 0) is 49.5 Å². The molecule has 3 aromatic rings. The number of nitrogens with zero attached hydrogens (tertiary/aromatic N) is 3. The fourth-order valence-corrected chi connectivity index (χ4v) is 5.70. The second kappa shape index (κ2) is 8.43. The summed E-state index contributed by atoms with van der Waals surface area (Å²) in [5.41, 5.74) is -0.284. The summed E-state index contributed by atoms with van der Waals surface area (Å²) in [6.07, 6.45) is -4.48. The number of benzene rings is 2. The van der Waals surface area contributed by atoms with E-state index in [0.717, 1.165) is 35.6 Å². The van der Waals surface area contributed by atoms with Crippen LogP contribution in [0.4, 0.5) is 18.3 Å². The van der Waals surface area contributed by atoms with Gasteiger partial charge in [0.25, 0.3) is 5.91 Å². The third kappa shape index (κ3) is 4.63. The van der Waals surface area contributed by atoms with E-state index in [2.05, 4.69) is 15.2 Å². The van der Waals surface area contributed by atoms with Crippen LogP contribution in [0.1, 0.15) is 15.9 Å². The lowest BCUT2D eigenvalue weighted by Gasteiger charge is -2.31. The number of carbonyl (C=O) groups excluding carboxylic acids is 1. The summed E-state index contributed by atoms with van der Waals surface area (Å²) in [6.45, 7) is 2.13. The zero-order valence-corrected chi connectivity index (χ0v) is 18.5. The van der Waals surface area contributed by atoms with Gasteiger partial charge in [-0.1, -0.05) is 11.3 Å². The Bertz CT molecular complexity index is 1250. The van der Waals surface area contributed by atoms with E-state index in [1.807, 2.05) is 7.05 Å². The van der Waals surface area contributed by atoms with Gasteiger partial charge in [-0.3, -0.25) is 10.1 Å². The minimum Gasteiger partial charge on any atom is -0.304 e. The topological polar surface area (TPSA) is 82.6 Å². The van der Waals surface area contributed by atoms with Gasteiger partial charge in [0.1, 0.15) is 0 Å². The Balaban J connectivity index is 1.52. The number of sulfonamides is 1. The molecule has 32 heavy (non-hydrogen) atoms. The van der Waals surface area contributed by atoms with Crippen LogP contribution in [0.3, 0.4) is 0 Å². The van der Waals surface area contributed by atoms with Gasteiger partial charge in [0, 0.05) is 31.7 Å². The Hall–Kier alpha value is -2.54. The molecule has 12 heteroatoms. The van der Waals surface area contributed by atoms with Crippen molar-refractivity contribution in [3.63, 3.8) is 0 Å². The molecular weight excluding hydrogens is 465 g/mol. The van der Waals surface area contributed by atoms with E-state index in [9.17, 15) is 26.4 Å². The predicted molar refractivity (Wildman–Crippen MR) is 115 cm³/mol. The van der Waals surface area contributed by atoms with Gasteiger partial charge in [0.15, 0.2) is 5.13 Å². The van der Waals surface area contributed by atoms with Gasteiger partial charge < -0.3 is 4.90 Å². The zero-order chi connectivity index (χ0) is 23.1. The Labute approximate surface area is 186 Å². The van der Waals surface area contributed by atoms with E-state index < -0.39 is 27.7 Å². The first-order chi connectivity index (χ1) is 15.0. The molecule has 0 radical (unpaired) electrons. The number of hydrogen-bond acceptors (Lipinski definition) is 6. The van der Waals surface area contributed by atoms with Crippen molar-refractivity contribution in [3.05, 3.63) is 53.6 Å². The molecule has 0 atom stereocenters. The maximum atomic E-state index is 12.9. The first-order valence-electron chi connectivity index (χ1n) is 9.62. The Kier molecular flexibility index (Phi) is 5.96. The average Bonchev–Trinajstić information content (AvgIpc) is 3.15. The Morgan fingerprint density at radius 3 is 2.34 bits per heavy atom. The van der Waals surface area contributed by atoms with E-state index in [4.69, 9.17) is 0 Å². The maximum Gasteiger partial charge on any atom is 0.416 e. The highest BCUT2D eigenvalue weighted by atomic mass is 32.2. The highest BCUT2D eigenvalue weighted by molar-refractivity contribution is 7.89. The fourth-order valence-electron chi connectivity index (χ4n) is 3.28. The monoisotopic (exact) mass is 484 g/mol. The van der Waals surface area contributed by atoms with Crippen molar-refractivity contribution in [2.24, 2.45) is 0 Å². The number of piperazine rings is 1. The molecule has 1 N–H and O–H groups in total. The van der Waals surface area contributed by atoms with Crippen LogP contribution in [0, 0.1) is 0 Å². The average molecular weight is 485 g/mol. The molecule has 1 amide bonds. The number of rotatable bonds is 4. The number of halogens is 3. The number of hydrogen-bond donors (Lipinski definition) is 1. The number of alkyl halides is 3. The van der Waals surface area contributed by atoms with Crippen molar-refractivity contribution in [1.29, 1.82) is 0 Å². The van der Waals surface area contributed by atoms with Crippen LogP contribution in [0.15, 0.2) is 47.4 Å². The fraction of sp³-hybridized carbons (Fsp3) is 0.300. The largest absolute Gasteiger partial charge is 0.416 e. The van der Waals surface area contributed by atoms with Crippen LogP contribution in [-0.2, 0) is 16.2 Å². The van der Waals surface area contributed by atoms with Gasteiger partial charge in [0.2, 0.25) is 10.0 Å². The number of nitrogens with one attached hydrogen (secondary N) is 1. The molecule has 4 rings (SSSR count). The van der Waals surface area contributed by atoms with Crippen LogP contribution in [-0.4, -0.2) is 61.7 Å². The first-order valence-corrected chi connectivity index (χ1v) is 11.9. The van der Waals surface area contributed by atoms with Crippen molar-refractivity contribution in [2.75, 3.05) is 38.5 Å². The van der Waals surface area contributed by atoms with Gasteiger partial charge in [-0.15, -0.1) is 0 Å². The van der Waals surface area contributed by atoms with Crippen LogP contribution in [0.5, 0.6) is 0 Å². The third-order valence-electron chi connectivity index (χ3n) is 5.15. The normalized spacial score (nSPS) is 16.4. The van der Waals surface area contributed by atoms with Gasteiger partial charge in [-0.25, -0.2) is 13.4 Å². The van der Waals surface area contributed by atoms with E-state index in [1.165, 1.54) is 16.4 Å². The van der Waals surface area contributed by atoms with E-state index in [1.54, 1.807) is 6.07 Å². The second-order valence-electron chi connectivity index (χ2n) is 7.39. The Morgan fingerprint density at radius 1 is 1.06 bits per heavy atom. The lowest BCUT2D eigenvalue weighted by atomic mass is 10.1. The van der Waals surface area contributed by atoms with Crippen molar-refractivity contribution in [2.45, 2.75) is 11.1 Å². The molecule has 1 saturated heterocycles. The highest BCUT2D eigenvalue weighted by Crippen LogP contribution is 2.31. The number of fused-ring (bicyclic) bond motifs is 1. The van der Waals surface area contributed by atoms with Crippen LogP contribution in [0.25, 0.3) is 10.2 Å². The molecule has 0 aliphatic carbocycles. The summed E-state index contributed by atoms with van der Waals surface area (Å²) < 4.78 is 66.0. The maximum absolute atomic E-state index is 12.9. The number of carbonyl (C=O) groups is 1. The number of aromatic nitrogens is 1. The molecule has 1 aliphatic rings. The minimum atomic E-state index is -4.48. The van der Waals surface area contributed by atoms with Gasteiger partial charge >= 0.3 is 6.18 Å². The molecule has 1 aliphatic heterocycles. The molecule has 2 heterocycles. The molecule has 1 fully saturated rings. The summed E-state index contributed by atoms with van der Waals surface area (Å²) in [4.78, 5) is 18.9. The van der Waals surface area contributed by atoms with Crippen molar-refractivity contribution >= 4 is 42.6 Å². The van der Waals surface area contributed by atoms with Crippen LogP contribution < -0.4 is 5.32 Å². The smallest absolute Gasteiger partial charge is 0.304 e. The molecule has 0 unspecified atom stereocenters. The molecule has 1 aromatic heterocycles. The van der Waals surface area contributed by atoms with Gasteiger partial charge in [-0.2, -0.15) is 17.5 Å². The SMILES string of the molecule is CN1CCN(S(=O)(=O)c2ccc3nc(NC(=O)c4ccc(C(F)(F)F)cc4)sc3c2)CC1. The van der Waals surface area contributed by atoms with E-state index in [-0.39, 0.29) is 15.6 Å². The molecule has 170 valence electrons. The summed E-state index contributed by atoms with van der Waals surface area (Å²) in [5, 5.41) is 2.78. The summed E-state index contributed by atoms with van der Waals surface area (Å²) in [5.74, 6) is -0.608. The van der Waals surface area contributed by atoms with E-state index in [0.29, 0.717) is 36.4 Å². The molecule has 2 aromatic carbocycles. The van der Waals surface area contributed by atoms with Crippen molar-refractivity contribution < 1.29 is 26.4 Å². The Morgan fingerprint density at radius 2 is 1.72 bits per heavy atom. The van der Waals surface area contributed by atoms with Crippen molar-refractivity contribution in [3.8, 4) is 0 Å². The van der Waals surface area contributed by atoms with Gasteiger partial charge in [0.05, 0.1) is 20.7 Å². The predicted octanol–water partition coefficient (Wildman–Crippen LogP) is 3.50. The summed E-state index contributed by atoms with van der Waals surface area (Å²) in [6, 6.07) is 8.43. The van der Waals surface area contributed by atoms with Crippen LogP contribution >= 0.6 is 11.3 Å². The quantitative estimate of drug-likeness (QED) is 0.613. The second-order valence-corrected chi connectivity index (χ2v) is 10.4. The molecular formula is C20H19F3N4O3S2. The van der Waals surface area contributed by atoms with Crippen LogP contribution in [0.2, 0.25) is 0 Å². The number of amides is 1. The number of thiazole rings is 1. The molecule has 0 bridgehead atoms. The highest BCUT2D eigenvalue weighted by Gasteiger charge is 2.30. The van der Waals surface area contributed by atoms with Crippen molar-refractivity contribution in [1.82, 2.24) is 14.2 Å². The lowest BCUT2D eigenvalue weighted by molar-refractivity contribution is -0.137. The summed E-state index contributed by atoms with van der Waals surface area (Å²) in [7, 11) is -1.71. The molecule has 0 saturated carbocycles. The standard InChI is InChI=1S/C20H19F3N4O3S2/c1-26-8-10-27(11-9-26)32(29,30)15-6-7-16-17(12-15)31-19(24-16)25-18(28)13-2-4-14(5-3-13)20(21,22)23/h2-7,12H,8-11H2,1H3,(H,24,25,28). The lowest BCUT2D eigenvalue weighted by Crippen LogP contribution is -2.46.